The molecule has 0 saturated heterocycles. The molecule has 1 amide bonds. The van der Waals surface area contributed by atoms with Gasteiger partial charge in [-0.2, -0.15) is 0 Å². The number of hydrogen-bond acceptors (Lipinski definition) is 5. The van der Waals surface area contributed by atoms with Gasteiger partial charge < -0.3 is 16.0 Å². The van der Waals surface area contributed by atoms with E-state index in [1.807, 2.05) is 36.1 Å². The maximum absolute atomic E-state index is 11.9. The number of rotatable bonds is 2. The fourth-order valence-corrected chi connectivity index (χ4v) is 2.41. The molecular formula is C14H15N5O. The number of aromatic nitrogens is 2. The maximum atomic E-state index is 11.9. The molecule has 2 heterocycles. The minimum absolute atomic E-state index is 0.0667. The Hall–Kier alpha value is -2.63. The zero-order valence-corrected chi connectivity index (χ0v) is 11.1. The van der Waals surface area contributed by atoms with Crippen molar-refractivity contribution in [3.05, 3.63) is 36.2 Å². The molecule has 0 saturated carbocycles. The van der Waals surface area contributed by atoms with E-state index in [9.17, 15) is 4.79 Å². The molecule has 6 heteroatoms. The number of carbonyl (C=O) groups is 1. The molecule has 0 spiro atoms. The summed E-state index contributed by atoms with van der Waals surface area (Å²) in [6, 6.07) is 7.64. The molecule has 1 aliphatic heterocycles. The van der Waals surface area contributed by atoms with Gasteiger partial charge in [0.15, 0.2) is 0 Å². The summed E-state index contributed by atoms with van der Waals surface area (Å²) in [5, 5.41) is 2.86. The zero-order chi connectivity index (χ0) is 14.1. The van der Waals surface area contributed by atoms with Gasteiger partial charge in [0.05, 0.1) is 11.4 Å². The van der Waals surface area contributed by atoms with Gasteiger partial charge in [0, 0.05) is 5.56 Å². The number of benzene rings is 1. The van der Waals surface area contributed by atoms with E-state index in [0.29, 0.717) is 18.1 Å². The van der Waals surface area contributed by atoms with E-state index in [1.54, 1.807) is 0 Å². The molecule has 1 aliphatic rings. The molecular weight excluding hydrogens is 254 g/mol. The Morgan fingerprint density at radius 1 is 1.35 bits per heavy atom. The fourth-order valence-electron chi connectivity index (χ4n) is 2.41. The van der Waals surface area contributed by atoms with Gasteiger partial charge in [-0.1, -0.05) is 19.1 Å². The molecule has 6 nitrogen and oxygen atoms in total. The summed E-state index contributed by atoms with van der Waals surface area (Å²) in [4.78, 5) is 22.1. The number of nitrogens with zero attached hydrogens (tertiary/aromatic N) is 3. The molecule has 20 heavy (non-hydrogen) atoms. The molecule has 0 fully saturated rings. The minimum atomic E-state index is -0.0667. The number of carbonyl (C=O) groups excluding carboxylic acids is 1. The molecule has 3 N–H and O–H groups in total. The van der Waals surface area contributed by atoms with Crippen LogP contribution in [0.1, 0.15) is 12.5 Å². The van der Waals surface area contributed by atoms with Crippen molar-refractivity contribution in [3.8, 4) is 0 Å². The van der Waals surface area contributed by atoms with Crippen LogP contribution in [0.25, 0.3) is 0 Å². The number of nitrogens with two attached hydrogens (primary N) is 1. The quantitative estimate of drug-likeness (QED) is 0.867. The summed E-state index contributed by atoms with van der Waals surface area (Å²) >= 11 is 0. The molecule has 3 rings (SSSR count). The van der Waals surface area contributed by atoms with Crippen molar-refractivity contribution in [3.63, 3.8) is 0 Å². The van der Waals surface area contributed by atoms with Gasteiger partial charge in [-0.3, -0.25) is 4.79 Å². The Bertz CT molecular complexity index is 670. The molecule has 0 aliphatic carbocycles. The van der Waals surface area contributed by atoms with Gasteiger partial charge in [-0.25, -0.2) is 9.97 Å². The Morgan fingerprint density at radius 2 is 2.15 bits per heavy atom. The lowest BCUT2D eigenvalue weighted by Gasteiger charge is -2.31. The standard InChI is InChI=1S/C14H15N5O/c1-2-9-13(15)16-8-17-14(9)19-7-12(20)18-10-5-3-4-6-11(10)19/h3-6,8H,2,7H2,1H3,(H,18,20)(H2,15,16,17). The number of amides is 1. The molecule has 0 radical (unpaired) electrons. The molecule has 0 atom stereocenters. The lowest BCUT2D eigenvalue weighted by molar-refractivity contribution is -0.115. The average Bonchev–Trinajstić information content (AvgIpc) is 2.46. The van der Waals surface area contributed by atoms with Crippen molar-refractivity contribution in [2.24, 2.45) is 0 Å². The monoisotopic (exact) mass is 269 g/mol. The van der Waals surface area contributed by atoms with Gasteiger partial charge in [0.25, 0.3) is 0 Å². The lowest BCUT2D eigenvalue weighted by Crippen LogP contribution is -2.36. The topological polar surface area (TPSA) is 84.1 Å². The summed E-state index contributed by atoms with van der Waals surface area (Å²) in [6.45, 7) is 2.22. The molecule has 1 aromatic carbocycles. The Balaban J connectivity index is 2.16. The van der Waals surface area contributed by atoms with Crippen LogP contribution in [0.4, 0.5) is 23.0 Å². The van der Waals surface area contributed by atoms with Crippen molar-refractivity contribution >= 4 is 28.9 Å². The van der Waals surface area contributed by atoms with E-state index in [4.69, 9.17) is 5.73 Å². The molecule has 0 bridgehead atoms. The van der Waals surface area contributed by atoms with Gasteiger partial charge >= 0.3 is 0 Å². The molecule has 0 unspecified atom stereocenters. The summed E-state index contributed by atoms with van der Waals surface area (Å²) in [6.07, 6.45) is 2.14. The molecule has 2 aromatic rings. The van der Waals surface area contributed by atoms with E-state index in [0.717, 1.165) is 16.9 Å². The van der Waals surface area contributed by atoms with Crippen molar-refractivity contribution < 1.29 is 4.79 Å². The minimum Gasteiger partial charge on any atom is -0.383 e. The Morgan fingerprint density at radius 3 is 2.95 bits per heavy atom. The smallest absolute Gasteiger partial charge is 0.244 e. The van der Waals surface area contributed by atoms with Crippen LogP contribution in [-0.2, 0) is 11.2 Å². The second-order valence-corrected chi connectivity index (χ2v) is 4.57. The maximum Gasteiger partial charge on any atom is 0.244 e. The van der Waals surface area contributed by atoms with Crippen LogP contribution < -0.4 is 16.0 Å². The third-order valence-corrected chi connectivity index (χ3v) is 3.34. The summed E-state index contributed by atoms with van der Waals surface area (Å²) in [7, 11) is 0. The van der Waals surface area contributed by atoms with E-state index < -0.39 is 0 Å². The number of anilines is 4. The van der Waals surface area contributed by atoms with Crippen LogP contribution in [0, 0.1) is 0 Å². The number of fused-ring (bicyclic) bond motifs is 1. The normalized spacial score (nSPS) is 13.8. The second-order valence-electron chi connectivity index (χ2n) is 4.57. The van der Waals surface area contributed by atoms with Gasteiger partial charge in [-0.15, -0.1) is 0 Å². The fraction of sp³-hybridized carbons (Fsp3) is 0.214. The van der Waals surface area contributed by atoms with Crippen LogP contribution in [0.15, 0.2) is 30.6 Å². The van der Waals surface area contributed by atoms with E-state index in [1.165, 1.54) is 6.33 Å². The van der Waals surface area contributed by atoms with Crippen molar-refractivity contribution in [1.29, 1.82) is 0 Å². The Labute approximate surface area is 116 Å². The van der Waals surface area contributed by atoms with E-state index >= 15 is 0 Å². The first-order valence-electron chi connectivity index (χ1n) is 6.46. The predicted octanol–water partition coefficient (Wildman–Crippen LogP) is 1.71. The highest BCUT2D eigenvalue weighted by Gasteiger charge is 2.25. The highest BCUT2D eigenvalue weighted by Crippen LogP contribution is 2.36. The van der Waals surface area contributed by atoms with Crippen LogP contribution in [0.5, 0.6) is 0 Å². The lowest BCUT2D eigenvalue weighted by atomic mass is 10.1. The molecule has 102 valence electrons. The highest BCUT2D eigenvalue weighted by molar-refractivity contribution is 6.03. The van der Waals surface area contributed by atoms with Crippen molar-refractivity contribution in [2.45, 2.75) is 13.3 Å². The SMILES string of the molecule is CCc1c(N)ncnc1N1CC(=O)Nc2ccccc21. The van der Waals surface area contributed by atoms with Crippen LogP contribution in [0.2, 0.25) is 0 Å². The zero-order valence-electron chi connectivity index (χ0n) is 11.1. The van der Waals surface area contributed by atoms with Crippen LogP contribution >= 0.6 is 0 Å². The summed E-state index contributed by atoms with van der Waals surface area (Å²) < 4.78 is 0. The third kappa shape index (κ3) is 1.95. The summed E-state index contributed by atoms with van der Waals surface area (Å²) in [5.74, 6) is 1.09. The first-order valence-corrected chi connectivity index (χ1v) is 6.46. The summed E-state index contributed by atoms with van der Waals surface area (Å²) in [5.41, 5.74) is 8.47. The van der Waals surface area contributed by atoms with Gasteiger partial charge in [-0.05, 0) is 18.6 Å². The third-order valence-electron chi connectivity index (χ3n) is 3.34. The predicted molar refractivity (Wildman–Crippen MR) is 77.9 cm³/mol. The van der Waals surface area contributed by atoms with Crippen molar-refractivity contribution in [2.75, 3.05) is 22.5 Å². The van der Waals surface area contributed by atoms with Gasteiger partial charge in [0.2, 0.25) is 5.91 Å². The number of para-hydroxylation sites is 2. The van der Waals surface area contributed by atoms with Gasteiger partial charge in [0.1, 0.15) is 24.5 Å². The first-order chi connectivity index (χ1) is 9.70. The van der Waals surface area contributed by atoms with E-state index in [-0.39, 0.29) is 12.5 Å². The van der Waals surface area contributed by atoms with E-state index in [2.05, 4.69) is 15.3 Å². The Kier molecular flexibility index (Phi) is 2.98. The highest BCUT2D eigenvalue weighted by atomic mass is 16.2. The number of hydrogen-bond donors (Lipinski definition) is 2. The largest absolute Gasteiger partial charge is 0.383 e. The van der Waals surface area contributed by atoms with Crippen molar-refractivity contribution in [1.82, 2.24) is 9.97 Å². The first kappa shape index (κ1) is 12.4. The average molecular weight is 269 g/mol. The number of nitrogens with one attached hydrogen (secondary N) is 1. The number of nitrogen functional groups attached to an aromatic ring is 1. The molecule has 1 aromatic heterocycles. The van der Waals surface area contributed by atoms with Crippen LogP contribution in [-0.4, -0.2) is 22.4 Å². The second kappa shape index (κ2) is 4.80. The van der Waals surface area contributed by atoms with Crippen LogP contribution in [0.3, 0.4) is 0 Å².